The van der Waals surface area contributed by atoms with Crippen molar-refractivity contribution < 1.29 is 24.2 Å². The zero-order valence-corrected chi connectivity index (χ0v) is 14.5. The molecule has 136 valence electrons. The molecule has 0 spiro atoms. The van der Waals surface area contributed by atoms with E-state index in [0.717, 1.165) is 12.0 Å². The highest BCUT2D eigenvalue weighted by atomic mass is 16.6. The maximum absolute atomic E-state index is 12.3. The molecule has 1 fully saturated rings. The first-order chi connectivity index (χ1) is 12.0. The van der Waals surface area contributed by atoms with Gasteiger partial charge in [0.15, 0.2) is 0 Å². The number of esters is 1. The predicted molar refractivity (Wildman–Crippen MR) is 92.8 cm³/mol. The number of benzene rings is 1. The molecule has 1 amide bonds. The van der Waals surface area contributed by atoms with Crippen molar-refractivity contribution in [2.24, 2.45) is 0 Å². The molecule has 6 heteroatoms. The number of nitrogens with zero attached hydrogens (tertiary/aromatic N) is 1. The molecule has 1 N–H and O–H groups in total. The molecular weight excluding hydrogens is 322 g/mol. The highest BCUT2D eigenvalue weighted by Crippen LogP contribution is 2.24. The number of carbonyl (C=O) groups is 2. The van der Waals surface area contributed by atoms with Crippen LogP contribution in [0.25, 0.3) is 0 Å². The Hall–Kier alpha value is -2.34. The van der Waals surface area contributed by atoms with Crippen LogP contribution in [0.5, 0.6) is 0 Å². The molecule has 0 unspecified atom stereocenters. The number of hydrogen-bond acceptors (Lipinski definition) is 5. The third-order valence-electron chi connectivity index (χ3n) is 4.20. The Morgan fingerprint density at radius 2 is 2.04 bits per heavy atom. The SMILES string of the molecule is C=C(C[C@@H](O)[C@@H]1CCCN1C(=O)OCc1ccccc1)C(=O)OCC. The fourth-order valence-corrected chi connectivity index (χ4v) is 2.93. The van der Waals surface area contributed by atoms with E-state index in [0.29, 0.717) is 13.0 Å². The van der Waals surface area contributed by atoms with E-state index in [2.05, 4.69) is 6.58 Å². The van der Waals surface area contributed by atoms with Gasteiger partial charge in [-0.15, -0.1) is 0 Å². The number of aliphatic hydroxyl groups excluding tert-OH is 1. The second kappa shape index (κ2) is 9.22. The Balaban J connectivity index is 1.88. The summed E-state index contributed by atoms with van der Waals surface area (Å²) in [6, 6.07) is 9.04. The summed E-state index contributed by atoms with van der Waals surface area (Å²) in [5.74, 6) is -0.516. The van der Waals surface area contributed by atoms with Gasteiger partial charge in [-0.25, -0.2) is 9.59 Å². The number of rotatable bonds is 7. The molecule has 0 bridgehead atoms. The Labute approximate surface area is 148 Å². The molecule has 1 aromatic rings. The van der Waals surface area contributed by atoms with E-state index >= 15 is 0 Å². The van der Waals surface area contributed by atoms with Crippen molar-refractivity contribution in [2.75, 3.05) is 13.2 Å². The van der Waals surface area contributed by atoms with Crippen LogP contribution in [0.2, 0.25) is 0 Å². The first kappa shape index (κ1) is 19.0. The summed E-state index contributed by atoms with van der Waals surface area (Å²) in [7, 11) is 0. The topological polar surface area (TPSA) is 76.1 Å². The van der Waals surface area contributed by atoms with Gasteiger partial charge < -0.3 is 19.5 Å². The highest BCUT2D eigenvalue weighted by molar-refractivity contribution is 5.87. The second-order valence-electron chi connectivity index (χ2n) is 6.04. The van der Waals surface area contributed by atoms with Crippen molar-refractivity contribution in [2.45, 2.75) is 44.9 Å². The molecule has 2 rings (SSSR count). The van der Waals surface area contributed by atoms with E-state index in [1.54, 1.807) is 6.92 Å². The largest absolute Gasteiger partial charge is 0.463 e. The quantitative estimate of drug-likeness (QED) is 0.606. The van der Waals surface area contributed by atoms with Crippen molar-refractivity contribution in [3.05, 3.63) is 48.0 Å². The molecule has 1 heterocycles. The summed E-state index contributed by atoms with van der Waals surface area (Å²) < 4.78 is 10.2. The van der Waals surface area contributed by atoms with E-state index in [1.807, 2.05) is 30.3 Å². The Bertz CT molecular complexity index is 601. The molecule has 1 saturated heterocycles. The third kappa shape index (κ3) is 5.32. The van der Waals surface area contributed by atoms with Crippen LogP contribution in [0.4, 0.5) is 4.79 Å². The summed E-state index contributed by atoms with van der Waals surface area (Å²) in [6.45, 7) is 6.35. The van der Waals surface area contributed by atoms with Crippen molar-refractivity contribution in [1.82, 2.24) is 4.90 Å². The number of carbonyl (C=O) groups excluding carboxylic acids is 2. The van der Waals surface area contributed by atoms with Crippen LogP contribution >= 0.6 is 0 Å². The number of ether oxygens (including phenoxy) is 2. The molecule has 6 nitrogen and oxygen atoms in total. The van der Waals surface area contributed by atoms with Gasteiger partial charge >= 0.3 is 12.1 Å². The van der Waals surface area contributed by atoms with Gasteiger partial charge in [-0.05, 0) is 25.3 Å². The van der Waals surface area contributed by atoms with E-state index < -0.39 is 18.2 Å². The number of aliphatic hydroxyl groups is 1. The first-order valence-corrected chi connectivity index (χ1v) is 8.53. The van der Waals surface area contributed by atoms with Crippen LogP contribution in [0, 0.1) is 0 Å². The zero-order valence-electron chi connectivity index (χ0n) is 14.5. The van der Waals surface area contributed by atoms with Gasteiger partial charge in [0.2, 0.25) is 0 Å². The average Bonchev–Trinajstić information content (AvgIpc) is 3.10. The minimum Gasteiger partial charge on any atom is -0.463 e. The van der Waals surface area contributed by atoms with Crippen LogP contribution in [-0.4, -0.2) is 47.4 Å². The molecule has 1 aliphatic heterocycles. The van der Waals surface area contributed by atoms with Crippen LogP contribution < -0.4 is 0 Å². The van der Waals surface area contributed by atoms with Gasteiger partial charge in [-0.1, -0.05) is 36.9 Å². The Morgan fingerprint density at radius 3 is 2.72 bits per heavy atom. The highest BCUT2D eigenvalue weighted by Gasteiger charge is 2.35. The van der Waals surface area contributed by atoms with Gasteiger partial charge in [-0.2, -0.15) is 0 Å². The summed E-state index contributed by atoms with van der Waals surface area (Å²) in [5, 5.41) is 10.4. The fraction of sp³-hybridized carbons (Fsp3) is 0.474. The normalized spacial score (nSPS) is 17.8. The molecular formula is C19H25NO5. The van der Waals surface area contributed by atoms with E-state index in [4.69, 9.17) is 9.47 Å². The van der Waals surface area contributed by atoms with Crippen LogP contribution in [0.15, 0.2) is 42.5 Å². The third-order valence-corrected chi connectivity index (χ3v) is 4.20. The monoisotopic (exact) mass is 347 g/mol. The van der Waals surface area contributed by atoms with Crippen molar-refractivity contribution in [3.8, 4) is 0 Å². The number of likely N-dealkylation sites (tertiary alicyclic amines) is 1. The van der Waals surface area contributed by atoms with Crippen molar-refractivity contribution >= 4 is 12.1 Å². The predicted octanol–water partition coefficient (Wildman–Crippen LogP) is 2.66. The molecule has 0 saturated carbocycles. The van der Waals surface area contributed by atoms with E-state index in [1.165, 1.54) is 4.90 Å². The van der Waals surface area contributed by atoms with E-state index in [9.17, 15) is 14.7 Å². The van der Waals surface area contributed by atoms with Gasteiger partial charge in [-0.3, -0.25) is 0 Å². The lowest BCUT2D eigenvalue weighted by Gasteiger charge is -2.28. The molecule has 25 heavy (non-hydrogen) atoms. The first-order valence-electron chi connectivity index (χ1n) is 8.53. The molecule has 1 aliphatic rings. The molecule has 0 aliphatic carbocycles. The smallest absolute Gasteiger partial charge is 0.410 e. The zero-order chi connectivity index (χ0) is 18.2. The summed E-state index contributed by atoms with van der Waals surface area (Å²) in [4.78, 5) is 25.5. The van der Waals surface area contributed by atoms with E-state index in [-0.39, 0.29) is 31.2 Å². The minimum atomic E-state index is -0.872. The second-order valence-corrected chi connectivity index (χ2v) is 6.04. The van der Waals surface area contributed by atoms with Gasteiger partial charge in [0.05, 0.1) is 18.8 Å². The van der Waals surface area contributed by atoms with Gasteiger partial charge in [0.1, 0.15) is 6.61 Å². The van der Waals surface area contributed by atoms with Crippen LogP contribution in [0.3, 0.4) is 0 Å². The lowest BCUT2D eigenvalue weighted by molar-refractivity contribution is -0.139. The van der Waals surface area contributed by atoms with Crippen molar-refractivity contribution in [3.63, 3.8) is 0 Å². The summed E-state index contributed by atoms with van der Waals surface area (Å²) in [5.41, 5.74) is 1.11. The molecule has 0 aromatic heterocycles. The number of hydrogen-bond donors (Lipinski definition) is 1. The standard InChI is InChI=1S/C19H25NO5/c1-3-24-18(22)14(2)12-17(21)16-10-7-11-20(16)19(23)25-13-15-8-5-4-6-9-15/h4-6,8-9,16-17,21H,2-3,7,10-13H2,1H3/t16-,17+/m0/s1. The van der Waals surface area contributed by atoms with Crippen molar-refractivity contribution in [1.29, 1.82) is 0 Å². The Kier molecular flexibility index (Phi) is 7.01. The molecule has 2 atom stereocenters. The van der Waals surface area contributed by atoms with Crippen LogP contribution in [0.1, 0.15) is 31.7 Å². The van der Waals surface area contributed by atoms with Gasteiger partial charge in [0, 0.05) is 18.5 Å². The maximum Gasteiger partial charge on any atom is 0.410 e. The Morgan fingerprint density at radius 1 is 1.32 bits per heavy atom. The lowest BCUT2D eigenvalue weighted by atomic mass is 10.0. The maximum atomic E-state index is 12.3. The summed E-state index contributed by atoms with van der Waals surface area (Å²) >= 11 is 0. The summed E-state index contributed by atoms with van der Waals surface area (Å²) in [6.07, 6.45) is 0.202. The molecule has 1 aromatic carbocycles. The number of amides is 1. The van der Waals surface area contributed by atoms with Gasteiger partial charge in [0.25, 0.3) is 0 Å². The lowest BCUT2D eigenvalue weighted by Crippen LogP contribution is -2.43. The average molecular weight is 347 g/mol. The minimum absolute atomic E-state index is 0.0754. The molecule has 0 radical (unpaired) electrons. The van der Waals surface area contributed by atoms with Crippen LogP contribution in [-0.2, 0) is 20.9 Å². The fourth-order valence-electron chi connectivity index (χ4n) is 2.93.